The molecule has 86 valence electrons. The summed E-state index contributed by atoms with van der Waals surface area (Å²) in [5.74, 6) is 0.922. The number of rotatable bonds is 1. The smallest absolute Gasteiger partial charge is 0.119 e. The summed E-state index contributed by atoms with van der Waals surface area (Å²) < 4.78 is 5.31. The van der Waals surface area contributed by atoms with Crippen LogP contribution in [-0.2, 0) is 6.42 Å². The number of methoxy groups -OCH3 is 1. The van der Waals surface area contributed by atoms with Crippen LogP contribution in [0.2, 0.25) is 0 Å². The van der Waals surface area contributed by atoms with Gasteiger partial charge in [0.1, 0.15) is 5.75 Å². The summed E-state index contributed by atoms with van der Waals surface area (Å²) in [6.45, 7) is 2.99. The molecule has 2 aromatic rings. The third-order valence-electron chi connectivity index (χ3n) is 3.44. The maximum Gasteiger partial charge on any atom is 0.119 e. The number of hydrogen-bond donors (Lipinski definition) is 0. The first-order chi connectivity index (χ1) is 8.29. The molecule has 3 rings (SSSR count). The van der Waals surface area contributed by atoms with E-state index in [1.807, 2.05) is 6.07 Å². The highest BCUT2D eigenvalue weighted by Crippen LogP contribution is 2.29. The fourth-order valence-corrected chi connectivity index (χ4v) is 2.52. The van der Waals surface area contributed by atoms with Gasteiger partial charge >= 0.3 is 0 Å². The minimum absolute atomic E-state index is 0.898. The fraction of sp³-hybridized carbons (Fsp3) is 0.267. The third kappa shape index (κ3) is 1.60. The Labute approximate surface area is 101 Å². The second kappa shape index (κ2) is 3.88. The first-order valence-electron chi connectivity index (χ1n) is 5.90. The number of hydrogen-bond acceptors (Lipinski definition) is 2. The molecule has 0 atom stereocenters. The van der Waals surface area contributed by atoms with Crippen LogP contribution in [0.3, 0.4) is 0 Å². The average molecular weight is 225 g/mol. The van der Waals surface area contributed by atoms with Gasteiger partial charge in [0.25, 0.3) is 0 Å². The quantitative estimate of drug-likeness (QED) is 0.730. The molecular formula is C15H15NO. The lowest BCUT2D eigenvalue weighted by Gasteiger charge is -2.17. The van der Waals surface area contributed by atoms with E-state index in [-0.39, 0.29) is 0 Å². The number of ether oxygens (including phenoxy) is 1. The molecule has 1 aliphatic rings. The van der Waals surface area contributed by atoms with Crippen molar-refractivity contribution in [2.75, 3.05) is 13.7 Å². The summed E-state index contributed by atoms with van der Waals surface area (Å²) in [5.41, 5.74) is 3.85. The zero-order chi connectivity index (χ0) is 11.8. The van der Waals surface area contributed by atoms with Gasteiger partial charge in [0.15, 0.2) is 0 Å². The van der Waals surface area contributed by atoms with E-state index in [1.54, 1.807) is 7.11 Å². The molecule has 0 amide bonds. The molecule has 0 saturated heterocycles. The Hall–Kier alpha value is -1.83. The van der Waals surface area contributed by atoms with Gasteiger partial charge in [-0.3, -0.25) is 4.99 Å². The topological polar surface area (TPSA) is 21.6 Å². The Kier molecular flexibility index (Phi) is 2.36. The van der Waals surface area contributed by atoms with Gasteiger partial charge < -0.3 is 4.74 Å². The summed E-state index contributed by atoms with van der Waals surface area (Å²) in [4.78, 5) is 4.51. The van der Waals surface area contributed by atoms with Crippen molar-refractivity contribution in [3.8, 4) is 5.75 Å². The maximum absolute atomic E-state index is 5.31. The van der Waals surface area contributed by atoms with Crippen LogP contribution in [0.5, 0.6) is 5.75 Å². The van der Waals surface area contributed by atoms with Crippen LogP contribution in [0.25, 0.3) is 10.8 Å². The van der Waals surface area contributed by atoms with Gasteiger partial charge in [-0.15, -0.1) is 0 Å². The molecule has 0 bridgehead atoms. The number of fused-ring (bicyclic) bond motifs is 3. The van der Waals surface area contributed by atoms with Crippen molar-refractivity contribution in [2.24, 2.45) is 4.99 Å². The van der Waals surface area contributed by atoms with Crippen molar-refractivity contribution in [3.05, 3.63) is 41.5 Å². The zero-order valence-electron chi connectivity index (χ0n) is 10.2. The van der Waals surface area contributed by atoms with Crippen LogP contribution in [0.4, 0.5) is 0 Å². The van der Waals surface area contributed by atoms with Gasteiger partial charge in [-0.25, -0.2) is 0 Å². The second-order valence-electron chi connectivity index (χ2n) is 4.40. The van der Waals surface area contributed by atoms with Crippen LogP contribution in [0.1, 0.15) is 18.1 Å². The lowest BCUT2D eigenvalue weighted by Crippen LogP contribution is -2.10. The fourth-order valence-electron chi connectivity index (χ4n) is 2.52. The average Bonchev–Trinajstić information content (AvgIpc) is 2.38. The van der Waals surface area contributed by atoms with Crippen molar-refractivity contribution in [3.63, 3.8) is 0 Å². The summed E-state index contributed by atoms with van der Waals surface area (Å²) in [5, 5.41) is 2.58. The molecule has 2 nitrogen and oxygen atoms in total. The van der Waals surface area contributed by atoms with Crippen LogP contribution in [0, 0.1) is 0 Å². The van der Waals surface area contributed by atoms with Crippen molar-refractivity contribution in [1.82, 2.24) is 0 Å². The maximum atomic E-state index is 5.31. The Morgan fingerprint density at radius 2 is 2.00 bits per heavy atom. The summed E-state index contributed by atoms with van der Waals surface area (Å²) in [7, 11) is 1.71. The molecule has 0 saturated carbocycles. The van der Waals surface area contributed by atoms with Gasteiger partial charge in [0.2, 0.25) is 0 Å². The van der Waals surface area contributed by atoms with E-state index >= 15 is 0 Å². The lowest BCUT2D eigenvalue weighted by atomic mass is 9.92. The molecule has 0 radical (unpaired) electrons. The largest absolute Gasteiger partial charge is 0.497 e. The molecule has 17 heavy (non-hydrogen) atoms. The number of nitrogens with zero attached hydrogens (tertiary/aromatic N) is 1. The minimum Gasteiger partial charge on any atom is -0.497 e. The van der Waals surface area contributed by atoms with Gasteiger partial charge in [-0.2, -0.15) is 0 Å². The van der Waals surface area contributed by atoms with Crippen LogP contribution >= 0.6 is 0 Å². The highest BCUT2D eigenvalue weighted by atomic mass is 16.5. The van der Waals surface area contributed by atoms with Crippen molar-refractivity contribution in [2.45, 2.75) is 13.3 Å². The highest BCUT2D eigenvalue weighted by molar-refractivity contribution is 6.05. The molecular weight excluding hydrogens is 210 g/mol. The van der Waals surface area contributed by atoms with E-state index in [1.165, 1.54) is 21.9 Å². The molecule has 1 aliphatic heterocycles. The van der Waals surface area contributed by atoms with Gasteiger partial charge in [0.05, 0.1) is 7.11 Å². The Bertz CT molecular complexity index is 614. The normalized spacial score (nSPS) is 14.4. The summed E-state index contributed by atoms with van der Waals surface area (Å²) in [6, 6.07) is 10.6. The van der Waals surface area contributed by atoms with Crippen molar-refractivity contribution in [1.29, 1.82) is 0 Å². The first-order valence-corrected chi connectivity index (χ1v) is 5.90. The number of aliphatic imine (C=N–C) groups is 1. The first kappa shape index (κ1) is 10.3. The van der Waals surface area contributed by atoms with E-state index in [4.69, 9.17) is 4.74 Å². The summed E-state index contributed by atoms with van der Waals surface area (Å²) >= 11 is 0. The van der Waals surface area contributed by atoms with Crippen LogP contribution < -0.4 is 4.74 Å². The van der Waals surface area contributed by atoms with E-state index in [0.717, 1.165) is 24.4 Å². The van der Waals surface area contributed by atoms with E-state index < -0.39 is 0 Å². The molecule has 0 spiro atoms. The molecule has 2 aromatic carbocycles. The van der Waals surface area contributed by atoms with Crippen LogP contribution in [-0.4, -0.2) is 19.4 Å². The standard InChI is InChI=1S/C15H15NO/c1-10-13-6-4-11-3-5-12(17-2)9-15(11)14(13)7-8-16-10/h3-6,9H,7-8H2,1-2H3. The molecule has 0 fully saturated rings. The van der Waals surface area contributed by atoms with Gasteiger partial charge in [-0.1, -0.05) is 18.2 Å². The third-order valence-corrected chi connectivity index (χ3v) is 3.44. The highest BCUT2D eigenvalue weighted by Gasteiger charge is 2.13. The Morgan fingerprint density at radius 1 is 1.18 bits per heavy atom. The van der Waals surface area contributed by atoms with Crippen LogP contribution in [0.15, 0.2) is 35.3 Å². The van der Waals surface area contributed by atoms with E-state index in [2.05, 4.69) is 36.2 Å². The monoisotopic (exact) mass is 225 g/mol. The lowest BCUT2D eigenvalue weighted by molar-refractivity contribution is 0.415. The molecule has 0 N–H and O–H groups in total. The molecule has 0 unspecified atom stereocenters. The molecule has 0 aliphatic carbocycles. The predicted octanol–water partition coefficient (Wildman–Crippen LogP) is 3.21. The Morgan fingerprint density at radius 3 is 2.82 bits per heavy atom. The SMILES string of the molecule is COc1ccc2ccc3c(c2c1)CCN=C3C. The number of benzene rings is 2. The van der Waals surface area contributed by atoms with E-state index in [9.17, 15) is 0 Å². The molecule has 0 aromatic heterocycles. The van der Waals surface area contributed by atoms with E-state index in [0.29, 0.717) is 0 Å². The van der Waals surface area contributed by atoms with Gasteiger partial charge in [-0.05, 0) is 47.4 Å². The predicted molar refractivity (Wildman–Crippen MR) is 71.3 cm³/mol. The molecule has 2 heteroatoms. The molecule has 1 heterocycles. The van der Waals surface area contributed by atoms with Crippen molar-refractivity contribution >= 4 is 16.5 Å². The summed E-state index contributed by atoms with van der Waals surface area (Å²) in [6.07, 6.45) is 1.02. The van der Waals surface area contributed by atoms with Crippen molar-refractivity contribution < 1.29 is 4.74 Å². The second-order valence-corrected chi connectivity index (χ2v) is 4.40. The van der Waals surface area contributed by atoms with Gasteiger partial charge in [0, 0.05) is 12.3 Å². The minimum atomic E-state index is 0.898. The zero-order valence-corrected chi connectivity index (χ0v) is 10.2. The Balaban J connectivity index is 2.32.